The van der Waals surface area contributed by atoms with Gasteiger partial charge in [-0.05, 0) is 28.1 Å². The molecule has 0 aromatic heterocycles. The van der Waals surface area contributed by atoms with Crippen LogP contribution >= 0.6 is 15.9 Å². The molecular weight excluding hydrogens is 276 g/mol. The number of methoxy groups -OCH3 is 1. The number of carbonyl (C=O) groups is 2. The number of rotatable bonds is 4. The fraction of sp³-hybridized carbons (Fsp3) is 0.0909. The van der Waals surface area contributed by atoms with Gasteiger partial charge in [0.2, 0.25) is 0 Å². The molecule has 4 nitrogen and oxygen atoms in total. The van der Waals surface area contributed by atoms with Gasteiger partial charge in [0.15, 0.2) is 0 Å². The molecule has 0 aliphatic heterocycles. The van der Waals surface area contributed by atoms with Crippen LogP contribution in [0.1, 0.15) is 5.56 Å². The normalized spacial score (nSPS) is 11.0. The number of ketones is 1. The maximum absolute atomic E-state index is 11.1. The molecule has 5 heteroatoms. The van der Waals surface area contributed by atoms with E-state index in [9.17, 15) is 9.59 Å². The third kappa shape index (κ3) is 2.93. The smallest absolute Gasteiger partial charge is 0.377 e. The summed E-state index contributed by atoms with van der Waals surface area (Å²) in [6.45, 7) is 0. The number of Topliss-reactive ketones (excluding diaryl/α,β-unsaturated/α-hetero) is 1. The highest BCUT2D eigenvalue weighted by Gasteiger charge is 2.15. The van der Waals surface area contributed by atoms with E-state index in [4.69, 9.17) is 9.84 Å². The molecular formula is C11H9BrO4. The van der Waals surface area contributed by atoms with Crippen LogP contribution in [0.25, 0.3) is 6.08 Å². The van der Waals surface area contributed by atoms with Crippen LogP contribution in [0.5, 0.6) is 5.75 Å². The minimum absolute atomic E-state index is 0.0236. The SMILES string of the molecule is COc1ccccc1C=C(Br)C(=O)C(=O)O. The third-order valence-electron chi connectivity index (χ3n) is 1.83. The Bertz CT molecular complexity index is 451. The minimum atomic E-state index is -1.50. The highest BCUT2D eigenvalue weighted by molar-refractivity contribution is 9.12. The van der Waals surface area contributed by atoms with Crippen molar-refractivity contribution < 1.29 is 19.4 Å². The van der Waals surface area contributed by atoms with Gasteiger partial charge in [0.1, 0.15) is 5.75 Å². The Kier molecular flexibility index (Phi) is 4.25. The van der Waals surface area contributed by atoms with E-state index in [1.165, 1.54) is 13.2 Å². The van der Waals surface area contributed by atoms with Crippen molar-refractivity contribution in [1.29, 1.82) is 0 Å². The molecule has 1 aromatic rings. The number of carbonyl (C=O) groups excluding carboxylic acids is 1. The summed E-state index contributed by atoms with van der Waals surface area (Å²) in [5, 5.41) is 8.51. The lowest BCUT2D eigenvalue weighted by atomic mass is 10.1. The first-order valence-electron chi connectivity index (χ1n) is 4.34. The molecule has 0 radical (unpaired) electrons. The van der Waals surface area contributed by atoms with E-state index < -0.39 is 11.8 Å². The van der Waals surface area contributed by atoms with Gasteiger partial charge in [-0.15, -0.1) is 0 Å². The van der Waals surface area contributed by atoms with Gasteiger partial charge in [-0.3, -0.25) is 4.79 Å². The topological polar surface area (TPSA) is 63.6 Å². The van der Waals surface area contributed by atoms with Gasteiger partial charge in [-0.2, -0.15) is 0 Å². The molecule has 1 rings (SSSR count). The fourth-order valence-electron chi connectivity index (χ4n) is 1.09. The molecule has 0 aliphatic rings. The summed E-state index contributed by atoms with van der Waals surface area (Å²) in [6.07, 6.45) is 1.41. The zero-order valence-electron chi connectivity index (χ0n) is 8.44. The lowest BCUT2D eigenvalue weighted by Crippen LogP contribution is -2.11. The Hall–Kier alpha value is -1.62. The van der Waals surface area contributed by atoms with Gasteiger partial charge in [-0.25, -0.2) is 4.79 Å². The maximum Gasteiger partial charge on any atom is 0.377 e. The number of hydrogen-bond donors (Lipinski definition) is 1. The fourth-order valence-corrected chi connectivity index (χ4v) is 1.51. The number of ether oxygens (including phenoxy) is 1. The average molecular weight is 285 g/mol. The molecule has 0 heterocycles. The van der Waals surface area contributed by atoms with E-state index in [0.29, 0.717) is 11.3 Å². The van der Waals surface area contributed by atoms with Crippen molar-refractivity contribution >= 4 is 33.8 Å². The van der Waals surface area contributed by atoms with Gasteiger partial charge in [-0.1, -0.05) is 18.2 Å². The second-order valence-electron chi connectivity index (χ2n) is 2.87. The first kappa shape index (κ1) is 12.4. The lowest BCUT2D eigenvalue weighted by molar-refractivity contribution is -0.146. The van der Waals surface area contributed by atoms with Crippen LogP contribution in [0.2, 0.25) is 0 Å². The predicted octanol–water partition coefficient (Wildman–Crippen LogP) is 2.08. The summed E-state index contributed by atoms with van der Waals surface area (Å²) in [7, 11) is 1.50. The Morgan fingerprint density at radius 1 is 1.38 bits per heavy atom. The van der Waals surface area contributed by atoms with Crippen molar-refractivity contribution in [3.63, 3.8) is 0 Å². The van der Waals surface area contributed by atoms with Crippen molar-refractivity contribution in [1.82, 2.24) is 0 Å². The Morgan fingerprint density at radius 3 is 2.56 bits per heavy atom. The minimum Gasteiger partial charge on any atom is -0.496 e. The molecule has 0 saturated carbocycles. The third-order valence-corrected chi connectivity index (χ3v) is 2.42. The number of hydrogen-bond acceptors (Lipinski definition) is 3. The van der Waals surface area contributed by atoms with E-state index in [1.54, 1.807) is 24.3 Å². The monoisotopic (exact) mass is 284 g/mol. The van der Waals surface area contributed by atoms with Crippen LogP contribution in [0, 0.1) is 0 Å². The predicted molar refractivity (Wildman–Crippen MR) is 62.5 cm³/mol. The van der Waals surface area contributed by atoms with Gasteiger partial charge < -0.3 is 9.84 Å². The average Bonchev–Trinajstić information content (AvgIpc) is 2.28. The van der Waals surface area contributed by atoms with Crippen LogP contribution in [-0.2, 0) is 9.59 Å². The second kappa shape index (κ2) is 5.46. The Balaban J connectivity index is 3.07. The van der Waals surface area contributed by atoms with E-state index >= 15 is 0 Å². The van der Waals surface area contributed by atoms with Crippen molar-refractivity contribution in [3.8, 4) is 5.75 Å². The van der Waals surface area contributed by atoms with Crippen LogP contribution in [0.4, 0.5) is 0 Å². The number of carboxylic acid groups (broad SMARTS) is 1. The molecule has 0 bridgehead atoms. The summed E-state index contributed by atoms with van der Waals surface area (Å²) in [5.74, 6) is -1.93. The van der Waals surface area contributed by atoms with Gasteiger partial charge in [0, 0.05) is 5.56 Å². The molecule has 0 amide bonds. The van der Waals surface area contributed by atoms with Crippen LogP contribution in [0.3, 0.4) is 0 Å². The van der Waals surface area contributed by atoms with E-state index in [1.807, 2.05) is 0 Å². The summed E-state index contributed by atoms with van der Waals surface area (Å²) in [6, 6.07) is 6.98. The van der Waals surface area contributed by atoms with E-state index in [0.717, 1.165) is 0 Å². The summed E-state index contributed by atoms with van der Waals surface area (Å²) in [5.41, 5.74) is 0.631. The van der Waals surface area contributed by atoms with Gasteiger partial charge in [0.25, 0.3) is 5.78 Å². The second-order valence-corrected chi connectivity index (χ2v) is 3.72. The quantitative estimate of drug-likeness (QED) is 0.679. The Morgan fingerprint density at radius 2 is 2.00 bits per heavy atom. The molecule has 0 spiro atoms. The highest BCUT2D eigenvalue weighted by Crippen LogP contribution is 2.22. The Labute approximate surface area is 101 Å². The van der Waals surface area contributed by atoms with Crippen molar-refractivity contribution in [2.24, 2.45) is 0 Å². The molecule has 16 heavy (non-hydrogen) atoms. The first-order valence-corrected chi connectivity index (χ1v) is 5.13. The van der Waals surface area contributed by atoms with Crippen LogP contribution < -0.4 is 4.74 Å². The summed E-state index contributed by atoms with van der Waals surface area (Å²) in [4.78, 5) is 21.5. The molecule has 0 saturated heterocycles. The number of halogens is 1. The van der Waals surface area contributed by atoms with Gasteiger partial charge >= 0.3 is 5.97 Å². The molecule has 1 N–H and O–H groups in total. The zero-order chi connectivity index (χ0) is 12.1. The maximum atomic E-state index is 11.1. The van der Waals surface area contributed by atoms with Gasteiger partial charge in [0.05, 0.1) is 11.6 Å². The first-order chi connectivity index (χ1) is 7.56. The number of benzene rings is 1. The number of para-hydroxylation sites is 1. The van der Waals surface area contributed by atoms with E-state index in [2.05, 4.69) is 15.9 Å². The van der Waals surface area contributed by atoms with E-state index in [-0.39, 0.29) is 4.48 Å². The van der Waals surface area contributed by atoms with Crippen molar-refractivity contribution in [2.45, 2.75) is 0 Å². The molecule has 0 unspecified atom stereocenters. The molecule has 84 valence electrons. The molecule has 1 aromatic carbocycles. The zero-order valence-corrected chi connectivity index (χ0v) is 10.0. The number of carboxylic acids is 1. The largest absolute Gasteiger partial charge is 0.496 e. The highest BCUT2D eigenvalue weighted by atomic mass is 79.9. The standard InChI is InChI=1S/C11H9BrO4/c1-16-9-5-3-2-4-7(9)6-8(12)10(13)11(14)15/h2-6H,1H3,(H,14,15). The van der Waals surface area contributed by atoms with Crippen molar-refractivity contribution in [3.05, 3.63) is 34.3 Å². The summed E-state index contributed by atoms with van der Waals surface area (Å²) < 4.78 is 5.04. The van der Waals surface area contributed by atoms with Crippen LogP contribution in [-0.4, -0.2) is 24.0 Å². The lowest BCUT2D eigenvalue weighted by Gasteiger charge is -2.03. The molecule has 0 fully saturated rings. The summed E-state index contributed by atoms with van der Waals surface area (Å²) >= 11 is 2.92. The molecule has 0 aliphatic carbocycles. The van der Waals surface area contributed by atoms with Crippen LogP contribution in [0.15, 0.2) is 28.7 Å². The molecule has 0 atom stereocenters. The number of aliphatic carboxylic acids is 1. The van der Waals surface area contributed by atoms with Crippen molar-refractivity contribution in [2.75, 3.05) is 7.11 Å².